The number of hydrogen-bond donors (Lipinski definition) is 0. The number of hydrogen-bond acceptors (Lipinski definition) is 7. The highest BCUT2D eigenvalue weighted by atomic mass is 32.2. The monoisotopic (exact) mass is 403 g/mol. The average Bonchev–Trinajstić information content (AvgIpc) is 3.37. The number of para-hydroxylation sites is 1. The Morgan fingerprint density at radius 3 is 2.74 bits per heavy atom. The van der Waals surface area contributed by atoms with E-state index in [9.17, 15) is 13.2 Å². The molecule has 0 N–H and O–H groups in total. The number of aromatic nitrogens is 4. The number of anilines is 1. The maximum Gasteiger partial charge on any atom is 0.250 e. The van der Waals surface area contributed by atoms with Crippen molar-refractivity contribution >= 4 is 32.8 Å². The molecule has 1 atom stereocenters. The van der Waals surface area contributed by atoms with Crippen molar-refractivity contribution in [2.75, 3.05) is 16.4 Å². The van der Waals surface area contributed by atoms with Crippen LogP contribution in [-0.4, -0.2) is 52.1 Å². The Morgan fingerprint density at radius 2 is 2.07 bits per heavy atom. The maximum atomic E-state index is 13.0. The molecule has 1 amide bonds. The van der Waals surface area contributed by atoms with Gasteiger partial charge in [0.1, 0.15) is 6.54 Å². The summed E-state index contributed by atoms with van der Waals surface area (Å²) in [4.78, 5) is 15.8. The van der Waals surface area contributed by atoms with E-state index in [1.54, 1.807) is 17.0 Å². The number of thiophene rings is 1. The van der Waals surface area contributed by atoms with Crippen LogP contribution < -0.4 is 4.90 Å². The predicted octanol–water partition coefficient (Wildman–Crippen LogP) is 1.62. The van der Waals surface area contributed by atoms with E-state index in [2.05, 4.69) is 15.4 Å². The minimum absolute atomic E-state index is 0.0292. The van der Waals surface area contributed by atoms with E-state index in [1.807, 2.05) is 35.0 Å². The van der Waals surface area contributed by atoms with E-state index in [4.69, 9.17) is 0 Å². The first-order valence-electron chi connectivity index (χ1n) is 8.40. The Hall–Kier alpha value is -2.59. The van der Waals surface area contributed by atoms with Gasteiger partial charge in [-0.25, -0.2) is 8.42 Å². The van der Waals surface area contributed by atoms with E-state index in [0.29, 0.717) is 17.9 Å². The summed E-state index contributed by atoms with van der Waals surface area (Å²) in [6.07, 6.45) is 0.425. The van der Waals surface area contributed by atoms with Gasteiger partial charge in [0.15, 0.2) is 9.84 Å². The smallest absolute Gasteiger partial charge is 0.250 e. The predicted molar refractivity (Wildman–Crippen MR) is 102 cm³/mol. The highest BCUT2D eigenvalue weighted by Gasteiger charge is 2.35. The van der Waals surface area contributed by atoms with E-state index >= 15 is 0 Å². The molecule has 8 nitrogen and oxygen atoms in total. The van der Waals surface area contributed by atoms with Gasteiger partial charge in [-0.1, -0.05) is 18.2 Å². The zero-order chi connectivity index (χ0) is 18.9. The first kappa shape index (κ1) is 17.8. The number of nitrogens with zero attached hydrogens (tertiary/aromatic N) is 5. The molecule has 1 saturated heterocycles. The molecule has 3 heterocycles. The van der Waals surface area contributed by atoms with Crippen molar-refractivity contribution in [3.63, 3.8) is 0 Å². The fraction of sp³-hybridized carbons (Fsp3) is 0.294. The maximum absolute atomic E-state index is 13.0. The van der Waals surface area contributed by atoms with Gasteiger partial charge in [-0.05, 0) is 35.2 Å². The molecule has 2 aromatic heterocycles. The third kappa shape index (κ3) is 3.91. The lowest BCUT2D eigenvalue weighted by Gasteiger charge is -2.28. The molecule has 0 aliphatic carbocycles. The summed E-state index contributed by atoms with van der Waals surface area (Å²) < 4.78 is 23.8. The summed E-state index contributed by atoms with van der Waals surface area (Å²) in [5, 5.41) is 16.0. The first-order chi connectivity index (χ1) is 13.0. The largest absolute Gasteiger partial charge is 0.307 e. The molecule has 10 heteroatoms. The summed E-state index contributed by atoms with van der Waals surface area (Å²) >= 11 is 1.53. The number of benzene rings is 1. The number of carbonyl (C=O) groups excluding carboxylic acids is 1. The van der Waals surface area contributed by atoms with Crippen LogP contribution in [0.1, 0.15) is 6.42 Å². The van der Waals surface area contributed by atoms with Crippen LogP contribution in [0.5, 0.6) is 0 Å². The summed E-state index contributed by atoms with van der Waals surface area (Å²) in [6, 6.07) is 10.6. The fourth-order valence-corrected chi connectivity index (χ4v) is 5.47. The zero-order valence-electron chi connectivity index (χ0n) is 14.3. The van der Waals surface area contributed by atoms with E-state index in [-0.39, 0.29) is 30.0 Å². The number of carbonyl (C=O) groups is 1. The topological polar surface area (TPSA) is 98.1 Å². The van der Waals surface area contributed by atoms with Crippen LogP contribution in [0.4, 0.5) is 5.69 Å². The molecule has 4 rings (SSSR count). The quantitative estimate of drug-likeness (QED) is 0.642. The standard InChI is InChI=1S/C17H17N5O3S2/c23-16(10-21-19-17(18-20-21)13-6-8-26-11-13)22(14-4-2-1-3-5-14)15-7-9-27(24,25)12-15/h1-6,8,11,15H,7,9-10,12H2/t15-/m0/s1. The molecule has 140 valence electrons. The molecular formula is C17H17N5O3S2. The van der Waals surface area contributed by atoms with E-state index in [1.165, 1.54) is 16.1 Å². The van der Waals surface area contributed by atoms with Crippen molar-refractivity contribution in [2.45, 2.75) is 19.0 Å². The van der Waals surface area contributed by atoms with Crippen LogP contribution in [0.2, 0.25) is 0 Å². The van der Waals surface area contributed by atoms with Crippen LogP contribution in [0.25, 0.3) is 11.4 Å². The second kappa shape index (κ2) is 7.20. The normalized spacial score (nSPS) is 18.4. The molecule has 0 radical (unpaired) electrons. The van der Waals surface area contributed by atoms with Crippen molar-refractivity contribution in [3.8, 4) is 11.4 Å². The molecular weight excluding hydrogens is 386 g/mol. The van der Waals surface area contributed by atoms with Gasteiger partial charge >= 0.3 is 0 Å². The van der Waals surface area contributed by atoms with Crippen molar-refractivity contribution < 1.29 is 13.2 Å². The van der Waals surface area contributed by atoms with Crippen molar-refractivity contribution in [1.82, 2.24) is 20.2 Å². The van der Waals surface area contributed by atoms with E-state index in [0.717, 1.165) is 5.56 Å². The van der Waals surface area contributed by atoms with Crippen LogP contribution in [-0.2, 0) is 21.2 Å². The highest BCUT2D eigenvalue weighted by molar-refractivity contribution is 7.91. The lowest BCUT2D eigenvalue weighted by molar-refractivity contribution is -0.120. The average molecular weight is 403 g/mol. The Kier molecular flexibility index (Phi) is 4.75. The SMILES string of the molecule is O=C(Cn1nnc(-c2ccsc2)n1)N(c1ccccc1)[C@H]1CCS(=O)(=O)C1. The van der Waals surface area contributed by atoms with Gasteiger partial charge in [-0.2, -0.15) is 16.1 Å². The Morgan fingerprint density at radius 1 is 1.26 bits per heavy atom. The Labute approximate surface area is 160 Å². The van der Waals surface area contributed by atoms with Gasteiger partial charge in [-0.15, -0.1) is 10.2 Å². The van der Waals surface area contributed by atoms with Crippen LogP contribution in [0, 0.1) is 0 Å². The summed E-state index contributed by atoms with van der Waals surface area (Å²) in [5.74, 6) is 0.257. The summed E-state index contributed by atoms with van der Waals surface area (Å²) in [6.45, 7) is -0.109. The van der Waals surface area contributed by atoms with Crippen molar-refractivity contribution in [1.29, 1.82) is 0 Å². The number of rotatable bonds is 5. The summed E-state index contributed by atoms with van der Waals surface area (Å²) in [7, 11) is -3.12. The van der Waals surface area contributed by atoms with Gasteiger partial charge in [0, 0.05) is 16.6 Å². The molecule has 0 saturated carbocycles. The summed E-state index contributed by atoms with van der Waals surface area (Å²) in [5.41, 5.74) is 1.52. The van der Waals surface area contributed by atoms with Gasteiger partial charge in [0.05, 0.1) is 17.5 Å². The molecule has 1 aliphatic rings. The van der Waals surface area contributed by atoms with Gasteiger partial charge in [0.2, 0.25) is 5.82 Å². The van der Waals surface area contributed by atoms with Crippen LogP contribution in [0.3, 0.4) is 0 Å². The number of tetrazole rings is 1. The van der Waals surface area contributed by atoms with E-state index < -0.39 is 9.84 Å². The molecule has 1 aromatic carbocycles. The van der Waals surface area contributed by atoms with Crippen molar-refractivity contribution in [3.05, 3.63) is 47.2 Å². The van der Waals surface area contributed by atoms with Gasteiger partial charge < -0.3 is 4.90 Å². The zero-order valence-corrected chi connectivity index (χ0v) is 15.9. The third-order valence-electron chi connectivity index (χ3n) is 4.39. The van der Waals surface area contributed by atoms with Gasteiger partial charge in [-0.3, -0.25) is 4.79 Å². The number of amides is 1. The minimum atomic E-state index is -3.12. The minimum Gasteiger partial charge on any atom is -0.307 e. The Bertz CT molecular complexity index is 1030. The molecule has 0 unspecified atom stereocenters. The first-order valence-corrected chi connectivity index (χ1v) is 11.2. The third-order valence-corrected chi connectivity index (χ3v) is 6.82. The molecule has 27 heavy (non-hydrogen) atoms. The van der Waals surface area contributed by atoms with Crippen LogP contribution in [0.15, 0.2) is 47.2 Å². The van der Waals surface area contributed by atoms with Gasteiger partial charge in [0.25, 0.3) is 5.91 Å². The molecule has 0 bridgehead atoms. The van der Waals surface area contributed by atoms with Crippen molar-refractivity contribution in [2.24, 2.45) is 0 Å². The second-order valence-electron chi connectivity index (χ2n) is 6.31. The second-order valence-corrected chi connectivity index (χ2v) is 9.32. The molecule has 1 fully saturated rings. The number of sulfone groups is 1. The molecule has 3 aromatic rings. The lowest BCUT2D eigenvalue weighted by atomic mass is 10.2. The fourth-order valence-electron chi connectivity index (χ4n) is 3.14. The van der Waals surface area contributed by atoms with Crippen LogP contribution >= 0.6 is 11.3 Å². The Balaban J connectivity index is 1.58. The molecule has 0 spiro atoms. The molecule has 1 aliphatic heterocycles. The lowest BCUT2D eigenvalue weighted by Crippen LogP contribution is -2.43. The highest BCUT2D eigenvalue weighted by Crippen LogP contribution is 2.25.